The van der Waals surface area contributed by atoms with Gasteiger partial charge in [0.05, 0.1) is 19.8 Å². The van der Waals surface area contributed by atoms with Crippen molar-refractivity contribution in [3.8, 4) is 28.4 Å². The lowest BCUT2D eigenvalue weighted by Gasteiger charge is -2.14. The predicted octanol–water partition coefficient (Wildman–Crippen LogP) is 3.08. The van der Waals surface area contributed by atoms with Crippen LogP contribution < -0.4 is 9.47 Å². The molecule has 2 N–H and O–H groups in total. The van der Waals surface area contributed by atoms with E-state index in [4.69, 9.17) is 9.47 Å². The zero-order valence-electron chi connectivity index (χ0n) is 12.0. The highest BCUT2D eigenvalue weighted by Crippen LogP contribution is 2.36. The molecule has 0 aromatic heterocycles. The van der Waals surface area contributed by atoms with Crippen molar-refractivity contribution < 1.29 is 24.5 Å². The number of rotatable bonds is 4. The molecule has 0 aliphatic rings. The van der Waals surface area contributed by atoms with Crippen LogP contribution in [0.4, 0.5) is 0 Å². The molecule has 0 unspecified atom stereocenters. The maximum Gasteiger partial charge on any atom is 0.336 e. The minimum absolute atomic E-state index is 0.0414. The fraction of sp³-hybridized carbons (Fsp3) is 0.188. The van der Waals surface area contributed by atoms with Gasteiger partial charge < -0.3 is 19.7 Å². The lowest BCUT2D eigenvalue weighted by Crippen LogP contribution is -2.02. The maximum atomic E-state index is 11.4. The molecule has 2 aromatic carbocycles. The molecular weight excluding hydrogens is 272 g/mol. The number of aromatic hydroxyl groups is 1. The van der Waals surface area contributed by atoms with Crippen LogP contribution in [0.15, 0.2) is 30.3 Å². The van der Waals surface area contributed by atoms with E-state index in [-0.39, 0.29) is 11.3 Å². The van der Waals surface area contributed by atoms with Gasteiger partial charge in [-0.05, 0) is 47.9 Å². The summed E-state index contributed by atoms with van der Waals surface area (Å²) in [6.07, 6.45) is 0. The van der Waals surface area contributed by atoms with Crippen molar-refractivity contribution in [2.75, 3.05) is 14.2 Å². The number of aryl methyl sites for hydroxylation is 1. The van der Waals surface area contributed by atoms with Gasteiger partial charge in [0.25, 0.3) is 0 Å². The largest absolute Gasteiger partial charge is 0.508 e. The van der Waals surface area contributed by atoms with Crippen molar-refractivity contribution in [1.82, 2.24) is 0 Å². The first-order chi connectivity index (χ1) is 9.97. The third kappa shape index (κ3) is 2.76. The third-order valence-electron chi connectivity index (χ3n) is 3.22. The number of phenolic OH excluding ortho intramolecular Hbond substituents is 1. The van der Waals surface area contributed by atoms with Crippen LogP contribution in [0.3, 0.4) is 0 Å². The number of carboxylic acids is 1. The Kier molecular flexibility index (Phi) is 4.03. The molecule has 0 atom stereocenters. The monoisotopic (exact) mass is 288 g/mol. The molecule has 0 amide bonds. The Morgan fingerprint density at radius 1 is 1.05 bits per heavy atom. The molecule has 0 fully saturated rings. The number of hydrogen-bond acceptors (Lipinski definition) is 4. The van der Waals surface area contributed by atoms with Gasteiger partial charge in [0, 0.05) is 0 Å². The molecule has 21 heavy (non-hydrogen) atoms. The molecular formula is C16H16O5. The summed E-state index contributed by atoms with van der Waals surface area (Å²) in [7, 11) is 3.05. The topological polar surface area (TPSA) is 76.0 Å². The van der Waals surface area contributed by atoms with E-state index in [0.29, 0.717) is 28.2 Å². The van der Waals surface area contributed by atoms with Crippen molar-refractivity contribution in [3.05, 3.63) is 41.5 Å². The van der Waals surface area contributed by atoms with E-state index in [1.54, 1.807) is 25.1 Å². The molecule has 0 spiro atoms. The number of methoxy groups -OCH3 is 2. The Morgan fingerprint density at radius 2 is 1.71 bits per heavy atom. The summed E-state index contributed by atoms with van der Waals surface area (Å²) >= 11 is 0. The molecule has 0 bridgehead atoms. The lowest BCUT2D eigenvalue weighted by atomic mass is 9.94. The van der Waals surface area contributed by atoms with E-state index in [2.05, 4.69) is 0 Å². The summed E-state index contributed by atoms with van der Waals surface area (Å²) in [5, 5.41) is 18.9. The van der Waals surface area contributed by atoms with Gasteiger partial charge in [0.15, 0.2) is 11.5 Å². The molecule has 110 valence electrons. The summed E-state index contributed by atoms with van der Waals surface area (Å²) in [4.78, 5) is 11.4. The van der Waals surface area contributed by atoms with Crippen LogP contribution in [0.25, 0.3) is 11.1 Å². The molecule has 0 heterocycles. The molecule has 2 rings (SSSR count). The van der Waals surface area contributed by atoms with E-state index in [9.17, 15) is 15.0 Å². The van der Waals surface area contributed by atoms with Crippen molar-refractivity contribution in [3.63, 3.8) is 0 Å². The Bertz CT molecular complexity index is 691. The van der Waals surface area contributed by atoms with Crippen molar-refractivity contribution in [2.24, 2.45) is 0 Å². The quantitative estimate of drug-likeness (QED) is 0.904. The smallest absolute Gasteiger partial charge is 0.336 e. The molecule has 0 aliphatic carbocycles. The first kappa shape index (κ1) is 14.7. The fourth-order valence-corrected chi connectivity index (χ4v) is 2.31. The Balaban J connectivity index is 2.69. The zero-order valence-corrected chi connectivity index (χ0v) is 12.0. The van der Waals surface area contributed by atoms with Crippen LogP contribution in [-0.2, 0) is 0 Å². The number of carboxylic acid groups (broad SMARTS) is 1. The summed E-state index contributed by atoms with van der Waals surface area (Å²) in [6, 6.07) is 7.95. The average Bonchev–Trinajstić information content (AvgIpc) is 2.45. The summed E-state index contributed by atoms with van der Waals surface area (Å²) in [5.41, 5.74) is 1.93. The standard InChI is InChI=1S/C16H16O5/c1-9-6-11(17)8-12(16(18)19)15(9)10-4-5-13(20-2)14(7-10)21-3/h4-8,17H,1-3H3,(H,18,19). The highest BCUT2D eigenvalue weighted by molar-refractivity contribution is 5.97. The van der Waals surface area contributed by atoms with E-state index < -0.39 is 5.97 Å². The Labute approximate surface area is 122 Å². The highest BCUT2D eigenvalue weighted by Gasteiger charge is 2.17. The Hall–Kier alpha value is -2.69. The lowest BCUT2D eigenvalue weighted by molar-refractivity contribution is 0.0697. The summed E-state index contributed by atoms with van der Waals surface area (Å²) < 4.78 is 10.4. The van der Waals surface area contributed by atoms with Gasteiger partial charge in [0.2, 0.25) is 0 Å². The van der Waals surface area contributed by atoms with Crippen molar-refractivity contribution >= 4 is 5.97 Å². The van der Waals surface area contributed by atoms with Crippen LogP contribution in [-0.4, -0.2) is 30.4 Å². The van der Waals surface area contributed by atoms with Crippen LogP contribution in [0.1, 0.15) is 15.9 Å². The predicted molar refractivity (Wildman–Crippen MR) is 78.3 cm³/mol. The van der Waals surface area contributed by atoms with Crippen LogP contribution in [0.2, 0.25) is 0 Å². The van der Waals surface area contributed by atoms with Gasteiger partial charge in [-0.2, -0.15) is 0 Å². The second kappa shape index (κ2) is 5.75. The minimum Gasteiger partial charge on any atom is -0.508 e. The second-order valence-electron chi connectivity index (χ2n) is 4.56. The third-order valence-corrected chi connectivity index (χ3v) is 3.22. The van der Waals surface area contributed by atoms with Gasteiger partial charge in [-0.15, -0.1) is 0 Å². The summed E-state index contributed by atoms with van der Waals surface area (Å²) in [6.45, 7) is 1.75. The van der Waals surface area contributed by atoms with Crippen LogP contribution in [0, 0.1) is 6.92 Å². The van der Waals surface area contributed by atoms with E-state index in [1.165, 1.54) is 26.4 Å². The van der Waals surface area contributed by atoms with Gasteiger partial charge in [0.1, 0.15) is 5.75 Å². The molecule has 5 heteroatoms. The first-order valence-corrected chi connectivity index (χ1v) is 6.27. The molecule has 0 saturated heterocycles. The maximum absolute atomic E-state index is 11.4. The number of hydrogen-bond donors (Lipinski definition) is 2. The first-order valence-electron chi connectivity index (χ1n) is 6.27. The van der Waals surface area contributed by atoms with Gasteiger partial charge >= 0.3 is 5.97 Å². The highest BCUT2D eigenvalue weighted by atomic mass is 16.5. The SMILES string of the molecule is COc1ccc(-c2c(C)cc(O)cc2C(=O)O)cc1OC. The molecule has 0 aliphatic heterocycles. The number of benzene rings is 2. The van der Waals surface area contributed by atoms with Crippen LogP contribution >= 0.6 is 0 Å². The zero-order chi connectivity index (χ0) is 15.6. The molecule has 2 aromatic rings. The summed E-state index contributed by atoms with van der Waals surface area (Å²) in [5.74, 6) is -0.0960. The number of ether oxygens (including phenoxy) is 2. The minimum atomic E-state index is -1.10. The van der Waals surface area contributed by atoms with Crippen LogP contribution in [0.5, 0.6) is 17.2 Å². The van der Waals surface area contributed by atoms with Crippen molar-refractivity contribution in [1.29, 1.82) is 0 Å². The molecule has 0 saturated carbocycles. The van der Waals surface area contributed by atoms with E-state index in [0.717, 1.165) is 0 Å². The van der Waals surface area contributed by atoms with E-state index in [1.807, 2.05) is 0 Å². The number of aromatic carboxylic acids is 1. The fourth-order valence-electron chi connectivity index (χ4n) is 2.31. The number of carbonyl (C=O) groups is 1. The van der Waals surface area contributed by atoms with Crippen molar-refractivity contribution in [2.45, 2.75) is 6.92 Å². The molecule has 5 nitrogen and oxygen atoms in total. The average molecular weight is 288 g/mol. The van der Waals surface area contributed by atoms with Gasteiger partial charge in [-0.1, -0.05) is 6.07 Å². The van der Waals surface area contributed by atoms with Gasteiger partial charge in [-0.3, -0.25) is 0 Å². The molecule has 0 radical (unpaired) electrons. The van der Waals surface area contributed by atoms with Gasteiger partial charge in [-0.25, -0.2) is 4.79 Å². The van der Waals surface area contributed by atoms with E-state index >= 15 is 0 Å². The number of phenols is 1. The second-order valence-corrected chi connectivity index (χ2v) is 4.56. The normalized spacial score (nSPS) is 10.2. The Morgan fingerprint density at radius 3 is 2.29 bits per heavy atom.